The average molecular weight is 456 g/mol. The second kappa shape index (κ2) is 8.50. The van der Waals surface area contributed by atoms with Gasteiger partial charge in [0.25, 0.3) is 0 Å². The first-order chi connectivity index (χ1) is 14.2. The molecule has 3 aliphatic heterocycles. The molecule has 0 saturated carbocycles. The quantitative estimate of drug-likeness (QED) is 0.659. The number of fused-ring (bicyclic) bond motifs is 4. The maximum atomic E-state index is 13.2. The summed E-state index contributed by atoms with van der Waals surface area (Å²) in [6.07, 6.45) is 5.28. The van der Waals surface area contributed by atoms with Crippen LogP contribution in [0.15, 0.2) is 18.2 Å². The van der Waals surface area contributed by atoms with Gasteiger partial charge < -0.3 is 0 Å². The van der Waals surface area contributed by atoms with Crippen LogP contribution in [0.25, 0.3) is 0 Å². The lowest BCUT2D eigenvalue weighted by atomic mass is 9.76. The number of hydrogen-bond donors (Lipinski definition) is 1. The van der Waals surface area contributed by atoms with Gasteiger partial charge in [-0.15, -0.1) is 0 Å². The molecular weight excluding hydrogens is 422 g/mol. The first-order valence-electron chi connectivity index (χ1n) is 10.9. The Morgan fingerprint density at radius 2 is 1.97 bits per heavy atom. The number of nitrogens with one attached hydrogen (secondary N) is 1. The summed E-state index contributed by atoms with van der Waals surface area (Å²) < 4.78 is 53.0. The van der Waals surface area contributed by atoms with Gasteiger partial charge in [-0.25, -0.2) is 21.6 Å². The van der Waals surface area contributed by atoms with E-state index < -0.39 is 20.0 Å². The molecule has 1 N–H and O–H groups in total. The molecular formula is C21H33N3O4S2. The maximum Gasteiger partial charge on any atom is 0.214 e. The number of sulfonamides is 2. The molecule has 0 radical (unpaired) electrons. The minimum Gasteiger partial charge on any atom is -0.296 e. The fourth-order valence-corrected chi connectivity index (χ4v) is 7.99. The monoisotopic (exact) mass is 455 g/mol. The van der Waals surface area contributed by atoms with E-state index in [4.69, 9.17) is 0 Å². The molecule has 1 aromatic rings. The smallest absolute Gasteiger partial charge is 0.214 e. The summed E-state index contributed by atoms with van der Waals surface area (Å²) >= 11 is 0. The molecule has 2 fully saturated rings. The zero-order valence-corrected chi connectivity index (χ0v) is 19.5. The SMILES string of the molecule is Cc1cccc2c1[C@@H]1C[C@H]3[C@H](CCCN3S(=O)(=O)CCCNS(C)(=O)=O)CN1CC2. The Hall–Kier alpha value is -1.00. The van der Waals surface area contributed by atoms with Crippen molar-refractivity contribution < 1.29 is 16.8 Å². The van der Waals surface area contributed by atoms with Gasteiger partial charge >= 0.3 is 0 Å². The first kappa shape index (κ1) is 22.2. The van der Waals surface area contributed by atoms with Crippen LogP contribution in [0.3, 0.4) is 0 Å². The van der Waals surface area contributed by atoms with Crippen molar-refractivity contribution in [3.8, 4) is 0 Å². The fraction of sp³-hybridized carbons (Fsp3) is 0.714. The van der Waals surface area contributed by atoms with Crippen molar-refractivity contribution in [1.82, 2.24) is 13.9 Å². The van der Waals surface area contributed by atoms with Crippen LogP contribution >= 0.6 is 0 Å². The van der Waals surface area contributed by atoms with E-state index in [1.165, 1.54) is 16.7 Å². The fourth-order valence-electron chi connectivity index (χ4n) is 5.65. The molecule has 3 aliphatic rings. The predicted octanol–water partition coefficient (Wildman–Crippen LogP) is 1.65. The Balaban J connectivity index is 1.51. The third-order valence-corrected chi connectivity index (χ3v) is 9.66. The molecule has 7 nitrogen and oxygen atoms in total. The van der Waals surface area contributed by atoms with Gasteiger partial charge in [-0.05, 0) is 61.6 Å². The standard InChI is InChI=1S/C21H33N3O4S2/c1-16-6-3-7-17-9-12-23-15-18-8-4-11-24(19(18)14-20(23)21(16)17)30(27,28)13-5-10-22-29(2,25)26/h3,6-7,18-20,22H,4-5,8-15H2,1-2H3/t18-,19+,20+/m1/s1. The highest BCUT2D eigenvalue weighted by molar-refractivity contribution is 7.89. The number of rotatable bonds is 6. The molecule has 168 valence electrons. The molecule has 3 heterocycles. The normalized spacial score (nSPS) is 27.9. The van der Waals surface area contributed by atoms with Gasteiger partial charge in [0.15, 0.2) is 0 Å². The highest BCUT2D eigenvalue weighted by Crippen LogP contribution is 2.44. The maximum absolute atomic E-state index is 13.2. The van der Waals surface area contributed by atoms with Crippen molar-refractivity contribution in [2.45, 2.75) is 51.1 Å². The van der Waals surface area contributed by atoms with E-state index in [2.05, 4.69) is 34.7 Å². The third-order valence-electron chi connectivity index (χ3n) is 6.96. The second-order valence-electron chi connectivity index (χ2n) is 9.06. The Morgan fingerprint density at radius 1 is 1.17 bits per heavy atom. The van der Waals surface area contributed by atoms with Crippen LogP contribution in [0.2, 0.25) is 0 Å². The predicted molar refractivity (Wildman–Crippen MR) is 118 cm³/mol. The number of piperidine rings is 2. The summed E-state index contributed by atoms with van der Waals surface area (Å²) in [7, 11) is -6.71. The van der Waals surface area contributed by atoms with E-state index in [-0.39, 0.29) is 18.3 Å². The molecule has 2 saturated heterocycles. The van der Waals surface area contributed by atoms with E-state index >= 15 is 0 Å². The molecule has 4 rings (SSSR count). The van der Waals surface area contributed by atoms with Crippen molar-refractivity contribution in [3.05, 3.63) is 34.9 Å². The van der Waals surface area contributed by atoms with Crippen molar-refractivity contribution in [2.75, 3.05) is 38.2 Å². The second-order valence-corrected chi connectivity index (χ2v) is 12.9. The van der Waals surface area contributed by atoms with Gasteiger partial charge in [0.2, 0.25) is 20.0 Å². The molecule has 0 unspecified atom stereocenters. The molecule has 30 heavy (non-hydrogen) atoms. The van der Waals surface area contributed by atoms with Crippen molar-refractivity contribution in [2.24, 2.45) is 5.92 Å². The van der Waals surface area contributed by atoms with E-state index in [1.54, 1.807) is 4.31 Å². The van der Waals surface area contributed by atoms with Crippen LogP contribution in [-0.2, 0) is 26.5 Å². The van der Waals surface area contributed by atoms with Gasteiger partial charge in [0.1, 0.15) is 0 Å². The van der Waals surface area contributed by atoms with Gasteiger partial charge in [0.05, 0.1) is 12.0 Å². The lowest BCUT2D eigenvalue weighted by Gasteiger charge is -2.52. The first-order valence-corrected chi connectivity index (χ1v) is 14.4. The number of nitrogens with zero attached hydrogens (tertiary/aromatic N) is 2. The molecule has 3 atom stereocenters. The summed E-state index contributed by atoms with van der Waals surface area (Å²) in [6, 6.07) is 6.84. The minimum absolute atomic E-state index is 0.0112. The highest BCUT2D eigenvalue weighted by Gasteiger charge is 2.45. The van der Waals surface area contributed by atoms with E-state index in [0.717, 1.165) is 45.0 Å². The molecule has 9 heteroatoms. The summed E-state index contributed by atoms with van der Waals surface area (Å²) in [4.78, 5) is 2.57. The zero-order chi connectivity index (χ0) is 21.5. The van der Waals surface area contributed by atoms with E-state index in [1.807, 2.05) is 0 Å². The lowest BCUT2D eigenvalue weighted by molar-refractivity contribution is 0.0217. The van der Waals surface area contributed by atoms with Crippen LogP contribution in [0.4, 0.5) is 0 Å². The van der Waals surface area contributed by atoms with Crippen LogP contribution in [0.1, 0.15) is 48.4 Å². The molecule has 0 aromatic heterocycles. The van der Waals surface area contributed by atoms with Gasteiger partial charge in [-0.1, -0.05) is 18.2 Å². The van der Waals surface area contributed by atoms with Crippen molar-refractivity contribution in [1.29, 1.82) is 0 Å². The van der Waals surface area contributed by atoms with Crippen molar-refractivity contribution >= 4 is 20.0 Å². The van der Waals surface area contributed by atoms with E-state index in [9.17, 15) is 16.8 Å². The molecule has 0 spiro atoms. The summed E-state index contributed by atoms with van der Waals surface area (Å²) in [5.74, 6) is 0.368. The summed E-state index contributed by atoms with van der Waals surface area (Å²) in [6.45, 7) is 4.91. The Kier molecular flexibility index (Phi) is 6.29. The topological polar surface area (TPSA) is 86.8 Å². The summed E-state index contributed by atoms with van der Waals surface area (Å²) in [5, 5.41) is 0. The van der Waals surface area contributed by atoms with Crippen LogP contribution < -0.4 is 4.72 Å². The number of hydrogen-bond acceptors (Lipinski definition) is 5. The zero-order valence-electron chi connectivity index (χ0n) is 17.9. The van der Waals surface area contributed by atoms with Crippen LogP contribution in [0.5, 0.6) is 0 Å². The molecule has 0 amide bonds. The van der Waals surface area contributed by atoms with Crippen LogP contribution in [0, 0.1) is 12.8 Å². The number of aryl methyl sites for hydroxylation is 1. The van der Waals surface area contributed by atoms with Gasteiger partial charge in [0, 0.05) is 38.3 Å². The number of benzene rings is 1. The Labute approximate surface area is 180 Å². The summed E-state index contributed by atoms with van der Waals surface area (Å²) in [5.41, 5.74) is 4.12. The minimum atomic E-state index is -3.42. The molecule has 1 aromatic carbocycles. The highest BCUT2D eigenvalue weighted by atomic mass is 32.2. The largest absolute Gasteiger partial charge is 0.296 e. The Morgan fingerprint density at radius 3 is 2.73 bits per heavy atom. The molecule has 0 aliphatic carbocycles. The average Bonchev–Trinajstić information content (AvgIpc) is 2.68. The van der Waals surface area contributed by atoms with E-state index in [0.29, 0.717) is 24.9 Å². The van der Waals surface area contributed by atoms with Crippen molar-refractivity contribution in [3.63, 3.8) is 0 Å². The van der Waals surface area contributed by atoms with Gasteiger partial charge in [-0.2, -0.15) is 4.31 Å². The third kappa shape index (κ3) is 4.60. The molecule has 0 bridgehead atoms. The van der Waals surface area contributed by atoms with Gasteiger partial charge in [-0.3, -0.25) is 4.90 Å². The van der Waals surface area contributed by atoms with Crippen LogP contribution in [-0.4, -0.2) is 70.3 Å². The Bertz CT molecular complexity index is 994. The lowest BCUT2D eigenvalue weighted by Crippen LogP contribution is -2.57.